The number of aliphatic imine (C=N–C) groups is 1. The third kappa shape index (κ3) is 6.53. The van der Waals surface area contributed by atoms with Crippen LogP contribution in [-0.4, -0.2) is 24.1 Å². The van der Waals surface area contributed by atoms with E-state index in [4.69, 9.17) is 22.6 Å². The monoisotopic (exact) mass is 739 g/mol. The fourth-order valence-corrected chi connectivity index (χ4v) is 8.73. The van der Waals surface area contributed by atoms with Gasteiger partial charge < -0.3 is 13.1 Å². The topological polar surface area (TPSA) is 57.1 Å². The third-order valence-corrected chi connectivity index (χ3v) is 11.2. The summed E-state index contributed by atoms with van der Waals surface area (Å²) in [5, 5.41) is 6.06. The molecule has 2 heterocycles. The van der Waals surface area contributed by atoms with Crippen molar-refractivity contribution < 1.29 is 30.8 Å². The minimum Gasteiger partial charge on any atom is -0.475 e. The Labute approximate surface area is 309 Å². The first-order valence-electron chi connectivity index (χ1n) is 17.7. The number of nitrogens with zero attached hydrogens (tertiary/aromatic N) is 1. The van der Waals surface area contributed by atoms with Gasteiger partial charge in [0.25, 0.3) is 0 Å². The van der Waals surface area contributed by atoms with Crippen molar-refractivity contribution in [2.24, 2.45) is 4.99 Å². The van der Waals surface area contributed by atoms with Crippen LogP contribution in [0.4, 0.5) is 13.2 Å². The second-order valence-electron chi connectivity index (χ2n) is 13.5. The average molecular weight is 740 g/mol. The SMILES string of the molecule is FC(F)(F)c1ccc(C2=N[C@H](C(Cc3ccccc3)(Cc3ccccc3)Op3oc4ccc5ccccc5c4c4c(ccc5ccccc54)o3)CO2)cc1. The Bertz CT molecular complexity index is 2560. The van der Waals surface area contributed by atoms with Gasteiger partial charge in [0.1, 0.15) is 29.4 Å². The Morgan fingerprint density at radius 2 is 1.09 bits per heavy atom. The van der Waals surface area contributed by atoms with Crippen LogP contribution in [0.3, 0.4) is 0 Å². The van der Waals surface area contributed by atoms with Gasteiger partial charge in [0, 0.05) is 29.2 Å². The molecule has 7 aromatic carbocycles. The van der Waals surface area contributed by atoms with Crippen LogP contribution in [0.5, 0.6) is 0 Å². The fourth-order valence-electron chi connectivity index (χ4n) is 7.45. The minimum atomic E-state index is -4.45. The first-order valence-corrected chi connectivity index (χ1v) is 18.8. The van der Waals surface area contributed by atoms with Crippen molar-refractivity contribution in [3.8, 4) is 0 Å². The summed E-state index contributed by atoms with van der Waals surface area (Å²) >= 11 is 0. The summed E-state index contributed by atoms with van der Waals surface area (Å²) in [6.07, 6.45) is -3.62. The van der Waals surface area contributed by atoms with Gasteiger partial charge >= 0.3 is 14.4 Å². The molecule has 1 aliphatic heterocycles. The standard InChI is InChI=1S/C45H33F3NO4P/c46-45(47,48)35-23-19-34(20-24-35)43-49-40(29-50-43)44(27-30-11-3-1-4-12-30,28-31-13-5-2-6-14-31)53-54-51-38-25-21-32-15-7-9-17-36(32)41(38)42-37-18-10-8-16-33(37)22-26-39(42)52-54/h1-26,40H,27-29H2/t40-/m0/s1. The molecule has 1 atom stereocenters. The maximum Gasteiger partial charge on any atom is 0.416 e. The lowest BCUT2D eigenvalue weighted by atomic mass is 9.82. The van der Waals surface area contributed by atoms with Crippen molar-refractivity contribution in [2.45, 2.75) is 30.7 Å². The lowest BCUT2D eigenvalue weighted by Gasteiger charge is -2.35. The van der Waals surface area contributed by atoms with Gasteiger partial charge in [-0.25, -0.2) is 4.99 Å². The van der Waals surface area contributed by atoms with Gasteiger partial charge in [-0.3, -0.25) is 4.52 Å². The van der Waals surface area contributed by atoms with E-state index in [1.54, 1.807) is 0 Å². The Hall–Kier alpha value is -5.82. The molecule has 0 saturated heterocycles. The Morgan fingerprint density at radius 3 is 1.61 bits per heavy atom. The molecule has 0 fully saturated rings. The van der Waals surface area contributed by atoms with Crippen LogP contribution >= 0.6 is 8.24 Å². The molecular weight excluding hydrogens is 706 g/mol. The van der Waals surface area contributed by atoms with Crippen LogP contribution < -0.4 is 4.52 Å². The Morgan fingerprint density at radius 1 is 0.593 bits per heavy atom. The van der Waals surface area contributed by atoms with Crippen molar-refractivity contribution in [1.82, 2.24) is 0 Å². The number of hydrogen-bond donors (Lipinski definition) is 0. The molecule has 5 nitrogen and oxygen atoms in total. The molecule has 0 radical (unpaired) electrons. The molecule has 8 aromatic rings. The first-order chi connectivity index (χ1) is 26.3. The third-order valence-electron chi connectivity index (χ3n) is 10.0. The smallest absolute Gasteiger partial charge is 0.416 e. The molecule has 0 unspecified atom stereocenters. The van der Waals surface area contributed by atoms with Crippen LogP contribution in [0.2, 0.25) is 0 Å². The average Bonchev–Trinajstić information content (AvgIpc) is 3.64. The zero-order valence-corrected chi connectivity index (χ0v) is 29.8. The van der Waals surface area contributed by atoms with E-state index in [1.807, 2.05) is 109 Å². The van der Waals surface area contributed by atoms with E-state index < -0.39 is 31.6 Å². The van der Waals surface area contributed by atoms with Gasteiger partial charge in [-0.05, 0) is 69.1 Å². The van der Waals surface area contributed by atoms with Crippen LogP contribution in [0.15, 0.2) is 171 Å². The van der Waals surface area contributed by atoms with Crippen molar-refractivity contribution in [3.05, 3.63) is 180 Å². The summed E-state index contributed by atoms with van der Waals surface area (Å²) in [4.78, 5) is 5.06. The van der Waals surface area contributed by atoms with E-state index in [0.717, 1.165) is 55.6 Å². The summed E-state index contributed by atoms with van der Waals surface area (Å²) in [7, 11) is -2.11. The molecule has 0 saturated carbocycles. The molecule has 0 amide bonds. The summed E-state index contributed by atoms with van der Waals surface area (Å²) in [6.45, 7) is 0.141. The predicted octanol–water partition coefficient (Wildman–Crippen LogP) is 12.1. The summed E-state index contributed by atoms with van der Waals surface area (Å²) in [5.41, 5.74) is 1.93. The molecule has 54 heavy (non-hydrogen) atoms. The highest BCUT2D eigenvalue weighted by atomic mass is 31.1. The number of halogens is 3. The van der Waals surface area contributed by atoms with Gasteiger partial charge in [-0.15, -0.1) is 0 Å². The lowest BCUT2D eigenvalue weighted by molar-refractivity contribution is -0.137. The number of rotatable bonds is 8. The largest absolute Gasteiger partial charge is 0.475 e. The second kappa shape index (κ2) is 13.9. The van der Waals surface area contributed by atoms with E-state index in [0.29, 0.717) is 29.6 Å². The second-order valence-corrected chi connectivity index (χ2v) is 14.5. The Kier molecular flexibility index (Phi) is 8.73. The molecule has 0 aliphatic carbocycles. The molecule has 0 bridgehead atoms. The van der Waals surface area contributed by atoms with E-state index in [2.05, 4.69) is 24.3 Å². The van der Waals surface area contributed by atoms with Crippen molar-refractivity contribution in [2.75, 3.05) is 6.61 Å². The first kappa shape index (κ1) is 34.0. The molecule has 268 valence electrons. The number of benzene rings is 7. The van der Waals surface area contributed by atoms with Crippen LogP contribution in [0.25, 0.3) is 43.5 Å². The molecular formula is C45H33F3NO4P. The number of fused-ring (bicyclic) bond motifs is 7. The summed E-state index contributed by atoms with van der Waals surface area (Å²) in [6, 6.07) is 48.9. The van der Waals surface area contributed by atoms with Crippen LogP contribution in [0, 0.1) is 0 Å². The number of hydrogen-bond acceptors (Lipinski definition) is 5. The van der Waals surface area contributed by atoms with Crippen molar-refractivity contribution in [3.63, 3.8) is 0 Å². The summed E-state index contributed by atoms with van der Waals surface area (Å²) < 4.78 is 67.5. The van der Waals surface area contributed by atoms with E-state index in [9.17, 15) is 13.2 Å². The molecule has 9 heteroatoms. The van der Waals surface area contributed by atoms with Gasteiger partial charge in [-0.2, -0.15) is 13.2 Å². The zero-order chi connectivity index (χ0) is 36.7. The highest BCUT2D eigenvalue weighted by Gasteiger charge is 2.46. The highest BCUT2D eigenvalue weighted by molar-refractivity contribution is 7.31. The molecule has 9 rings (SSSR count). The maximum atomic E-state index is 13.4. The molecule has 1 aliphatic rings. The number of ether oxygens (including phenoxy) is 1. The van der Waals surface area contributed by atoms with Crippen molar-refractivity contribution >= 4 is 57.6 Å². The highest BCUT2D eigenvalue weighted by Crippen LogP contribution is 2.44. The van der Waals surface area contributed by atoms with Crippen LogP contribution in [-0.2, 0) is 23.8 Å². The maximum absolute atomic E-state index is 13.4. The fraction of sp³-hybridized carbons (Fsp3) is 0.133. The normalized spacial score (nSPS) is 14.8. The van der Waals surface area contributed by atoms with Gasteiger partial charge in [0.15, 0.2) is 0 Å². The van der Waals surface area contributed by atoms with Gasteiger partial charge in [0.2, 0.25) is 5.90 Å². The van der Waals surface area contributed by atoms with E-state index in [-0.39, 0.29) is 12.5 Å². The minimum absolute atomic E-state index is 0.141. The molecule has 0 N–H and O–H groups in total. The number of alkyl halides is 3. The van der Waals surface area contributed by atoms with Crippen LogP contribution in [0.1, 0.15) is 22.3 Å². The van der Waals surface area contributed by atoms with E-state index in [1.165, 1.54) is 12.1 Å². The summed E-state index contributed by atoms with van der Waals surface area (Å²) in [5.74, 6) is 0.256. The van der Waals surface area contributed by atoms with Crippen molar-refractivity contribution in [1.29, 1.82) is 0 Å². The zero-order valence-electron chi connectivity index (χ0n) is 28.9. The van der Waals surface area contributed by atoms with E-state index >= 15 is 0 Å². The lowest BCUT2D eigenvalue weighted by Crippen LogP contribution is -2.51. The molecule has 1 aromatic heterocycles. The van der Waals surface area contributed by atoms with Gasteiger partial charge in [-0.1, -0.05) is 121 Å². The predicted molar refractivity (Wildman–Crippen MR) is 209 cm³/mol. The quantitative estimate of drug-likeness (QED) is 0.156. The van der Waals surface area contributed by atoms with Gasteiger partial charge in [0.05, 0.1) is 5.56 Å². The Balaban J connectivity index is 1.26. The molecule has 0 spiro atoms.